The molecule has 0 aromatic heterocycles. The minimum atomic E-state index is -3.00. The van der Waals surface area contributed by atoms with Crippen LogP contribution in [0.25, 0.3) is 0 Å². The molecule has 2 rings (SSSR count). The lowest BCUT2D eigenvalue weighted by Crippen LogP contribution is -2.22. The highest BCUT2D eigenvalue weighted by atomic mass is 32.2. The van der Waals surface area contributed by atoms with Crippen LogP contribution in [0.2, 0.25) is 0 Å². The molecule has 0 radical (unpaired) electrons. The third-order valence-electron chi connectivity index (χ3n) is 2.51. The maximum atomic E-state index is 12.2. The summed E-state index contributed by atoms with van der Waals surface area (Å²) in [5, 5.41) is 1.85. The van der Waals surface area contributed by atoms with Gasteiger partial charge >= 0.3 is 6.61 Å². The highest BCUT2D eigenvalue weighted by Gasteiger charge is 2.29. The van der Waals surface area contributed by atoms with Crippen molar-refractivity contribution >= 4 is 34.4 Å². The number of nitrogens with two attached hydrogens (primary N) is 1. The molecule has 0 bridgehead atoms. The number of benzene rings is 1. The molecule has 1 aromatic carbocycles. The van der Waals surface area contributed by atoms with Crippen LogP contribution in [-0.4, -0.2) is 28.8 Å². The number of carbonyl (C=O) groups is 2. The Hall–Kier alpha value is -2.16. The van der Waals surface area contributed by atoms with Gasteiger partial charge in [0.25, 0.3) is 5.91 Å². The Morgan fingerprint density at radius 2 is 2.19 bits per heavy atom. The quantitative estimate of drug-likeness (QED) is 0.860. The number of amidine groups is 1. The normalized spacial score (nSPS) is 17.8. The Kier molecular flexibility index (Phi) is 4.73. The van der Waals surface area contributed by atoms with Crippen molar-refractivity contribution in [2.75, 3.05) is 5.32 Å². The van der Waals surface area contributed by atoms with Crippen LogP contribution in [0.15, 0.2) is 29.3 Å². The second-order valence-electron chi connectivity index (χ2n) is 4.02. The topological polar surface area (TPSA) is 93.8 Å². The number of carbonyl (C=O) groups excluding carboxylic acids is 2. The van der Waals surface area contributed by atoms with E-state index in [1.807, 2.05) is 0 Å². The number of anilines is 1. The van der Waals surface area contributed by atoms with Gasteiger partial charge in [0.15, 0.2) is 5.17 Å². The van der Waals surface area contributed by atoms with Crippen molar-refractivity contribution < 1.29 is 23.1 Å². The van der Waals surface area contributed by atoms with Gasteiger partial charge in [-0.1, -0.05) is 23.9 Å². The molecule has 21 heavy (non-hydrogen) atoms. The smallest absolute Gasteiger partial charge is 0.387 e. The molecule has 1 atom stereocenters. The number of aliphatic imine (C=N–C) groups is 1. The van der Waals surface area contributed by atoms with Gasteiger partial charge in [-0.05, 0) is 12.1 Å². The molecule has 6 nitrogen and oxygen atoms in total. The van der Waals surface area contributed by atoms with Crippen LogP contribution in [0, 0.1) is 0 Å². The average molecular weight is 315 g/mol. The first-order valence-electron chi connectivity index (χ1n) is 5.84. The van der Waals surface area contributed by atoms with E-state index in [0.717, 1.165) is 11.8 Å². The summed E-state index contributed by atoms with van der Waals surface area (Å²) < 4.78 is 28.8. The second-order valence-corrected chi connectivity index (χ2v) is 5.24. The van der Waals surface area contributed by atoms with Gasteiger partial charge in [-0.3, -0.25) is 9.59 Å². The lowest BCUT2D eigenvalue weighted by Gasteiger charge is -2.12. The van der Waals surface area contributed by atoms with Crippen molar-refractivity contribution in [3.05, 3.63) is 24.3 Å². The number of nitrogens with zero attached hydrogens (tertiary/aromatic N) is 1. The predicted octanol–water partition coefficient (Wildman–Crippen LogP) is 1.57. The van der Waals surface area contributed by atoms with Crippen molar-refractivity contribution in [1.29, 1.82) is 0 Å². The van der Waals surface area contributed by atoms with Crippen molar-refractivity contribution in [3.63, 3.8) is 0 Å². The number of hydrogen-bond acceptors (Lipinski definition) is 5. The average Bonchev–Trinajstić information content (AvgIpc) is 2.69. The van der Waals surface area contributed by atoms with E-state index in [2.05, 4.69) is 15.0 Å². The number of hydrogen-bond donors (Lipinski definition) is 2. The summed E-state index contributed by atoms with van der Waals surface area (Å²) in [4.78, 5) is 26.7. The Balaban J connectivity index is 1.99. The first-order valence-corrected chi connectivity index (χ1v) is 6.72. The van der Waals surface area contributed by atoms with Gasteiger partial charge in [0.2, 0.25) is 5.91 Å². The van der Waals surface area contributed by atoms with E-state index in [1.54, 1.807) is 6.07 Å². The van der Waals surface area contributed by atoms with E-state index in [1.165, 1.54) is 18.2 Å². The number of thioether (sulfide) groups is 1. The molecule has 0 spiro atoms. The molecule has 1 aliphatic heterocycles. The summed E-state index contributed by atoms with van der Waals surface area (Å²) in [5.41, 5.74) is 5.48. The van der Waals surface area contributed by atoms with Gasteiger partial charge in [-0.15, -0.1) is 0 Å². The summed E-state index contributed by atoms with van der Waals surface area (Å²) >= 11 is 0.994. The van der Waals surface area contributed by atoms with Gasteiger partial charge in [-0.25, -0.2) is 0 Å². The molecule has 1 aromatic rings. The molecular formula is C12H11F2N3O3S. The zero-order chi connectivity index (χ0) is 15.4. The van der Waals surface area contributed by atoms with Crippen LogP contribution >= 0.6 is 11.8 Å². The highest BCUT2D eigenvalue weighted by Crippen LogP contribution is 2.27. The Labute approximate surface area is 122 Å². The van der Waals surface area contributed by atoms with Gasteiger partial charge < -0.3 is 15.8 Å². The van der Waals surface area contributed by atoms with Gasteiger partial charge in [-0.2, -0.15) is 13.8 Å². The zero-order valence-electron chi connectivity index (χ0n) is 10.6. The maximum absolute atomic E-state index is 12.2. The number of para-hydroxylation sites is 2. The standard InChI is InChI=1S/C12H11F2N3O3S/c13-11(14)20-7-4-2-1-3-6(7)16-9(18)5-8-10(19)17-12(15)21-8/h1-4,8,11H,5H2,(H,16,18)(H2,15,17,19)/t8-/m1/s1. The lowest BCUT2D eigenvalue weighted by molar-refractivity contribution is -0.121. The minimum absolute atomic E-state index is 0.104. The van der Waals surface area contributed by atoms with E-state index >= 15 is 0 Å². The second kappa shape index (κ2) is 6.53. The summed E-state index contributed by atoms with van der Waals surface area (Å²) in [6, 6.07) is 5.78. The molecule has 0 unspecified atom stereocenters. The van der Waals surface area contributed by atoms with Gasteiger partial charge in [0.1, 0.15) is 11.0 Å². The summed E-state index contributed by atoms with van der Waals surface area (Å²) in [5.74, 6) is -1.15. The largest absolute Gasteiger partial charge is 0.433 e. The third kappa shape index (κ3) is 4.15. The molecule has 2 amide bonds. The number of alkyl halides is 2. The summed E-state index contributed by atoms with van der Waals surface area (Å²) in [7, 11) is 0. The van der Waals surface area contributed by atoms with Crippen LogP contribution < -0.4 is 15.8 Å². The number of halogens is 2. The summed E-state index contributed by atoms with van der Waals surface area (Å²) in [6.07, 6.45) is -0.156. The van der Waals surface area contributed by atoms with Crippen LogP contribution in [0.5, 0.6) is 5.75 Å². The van der Waals surface area contributed by atoms with E-state index in [4.69, 9.17) is 5.73 Å². The third-order valence-corrected chi connectivity index (χ3v) is 3.49. The molecule has 0 saturated carbocycles. The number of ether oxygens (including phenoxy) is 1. The molecule has 112 valence electrons. The minimum Gasteiger partial charge on any atom is -0.433 e. The van der Waals surface area contributed by atoms with Crippen molar-refractivity contribution in [1.82, 2.24) is 0 Å². The maximum Gasteiger partial charge on any atom is 0.387 e. The molecule has 3 N–H and O–H groups in total. The van der Waals surface area contributed by atoms with Crippen LogP contribution in [0.1, 0.15) is 6.42 Å². The van der Waals surface area contributed by atoms with Gasteiger partial charge in [0.05, 0.1) is 5.69 Å². The molecule has 0 saturated heterocycles. The Morgan fingerprint density at radius 3 is 2.81 bits per heavy atom. The van der Waals surface area contributed by atoms with Crippen molar-refractivity contribution in [2.24, 2.45) is 10.7 Å². The molecule has 9 heteroatoms. The van der Waals surface area contributed by atoms with Crippen LogP contribution in [0.3, 0.4) is 0 Å². The van der Waals surface area contributed by atoms with Gasteiger partial charge in [0, 0.05) is 6.42 Å². The number of rotatable bonds is 5. The van der Waals surface area contributed by atoms with Crippen molar-refractivity contribution in [2.45, 2.75) is 18.3 Å². The summed E-state index contributed by atoms with van der Waals surface area (Å²) in [6.45, 7) is -3.00. The van der Waals surface area contributed by atoms with E-state index in [9.17, 15) is 18.4 Å². The van der Waals surface area contributed by atoms with Crippen LogP contribution in [-0.2, 0) is 9.59 Å². The van der Waals surface area contributed by atoms with E-state index in [-0.39, 0.29) is 23.0 Å². The van der Waals surface area contributed by atoms with Crippen LogP contribution in [0.4, 0.5) is 14.5 Å². The molecular weight excluding hydrogens is 304 g/mol. The SMILES string of the molecule is NC1=NC(=O)[C@@H](CC(=O)Nc2ccccc2OC(F)F)S1. The Bertz CT molecular complexity index is 595. The molecule has 0 aliphatic carbocycles. The zero-order valence-corrected chi connectivity index (χ0v) is 11.4. The first kappa shape index (κ1) is 15.2. The molecule has 1 aliphatic rings. The number of amides is 2. The van der Waals surface area contributed by atoms with Crippen molar-refractivity contribution in [3.8, 4) is 5.75 Å². The molecule has 0 fully saturated rings. The fourth-order valence-electron chi connectivity index (χ4n) is 1.67. The van der Waals surface area contributed by atoms with E-state index < -0.39 is 23.7 Å². The van der Waals surface area contributed by atoms with E-state index in [0.29, 0.717) is 0 Å². The predicted molar refractivity (Wildman–Crippen MR) is 74.3 cm³/mol. The number of nitrogens with one attached hydrogen (secondary N) is 1. The lowest BCUT2D eigenvalue weighted by atomic mass is 10.2. The highest BCUT2D eigenvalue weighted by molar-refractivity contribution is 8.15. The fourth-order valence-corrected chi connectivity index (χ4v) is 2.49. The Morgan fingerprint density at radius 1 is 1.48 bits per heavy atom. The first-order chi connectivity index (χ1) is 9.95. The monoisotopic (exact) mass is 315 g/mol. The fraction of sp³-hybridized carbons (Fsp3) is 0.250. The molecule has 1 heterocycles.